The second-order valence-electron chi connectivity index (χ2n) is 17.6. The van der Waals surface area contributed by atoms with Gasteiger partial charge in [0.05, 0.1) is 69.3 Å². The van der Waals surface area contributed by atoms with Gasteiger partial charge < -0.3 is 4.57 Å². The van der Waals surface area contributed by atoms with Gasteiger partial charge in [0.2, 0.25) is 0 Å². The fourth-order valence-corrected chi connectivity index (χ4v) is 9.53. The molecule has 0 aliphatic rings. The maximum Gasteiger partial charge on any atom is 0.187 e. The molecule has 0 radical (unpaired) electrons. The molecule has 0 unspecified atom stereocenters. The van der Waals surface area contributed by atoms with Gasteiger partial charge in [-0.25, -0.2) is 24.8 Å². The molecule has 73 heavy (non-hydrogen) atoms. The summed E-state index contributed by atoms with van der Waals surface area (Å²) < 4.78 is 2.25. The third-order valence-electron chi connectivity index (χ3n) is 13.1. The lowest BCUT2D eigenvalue weighted by Crippen LogP contribution is -2.07. The fraction of sp³-hybridized carbons (Fsp3) is 0. The van der Waals surface area contributed by atoms with Crippen molar-refractivity contribution in [3.8, 4) is 108 Å². The lowest BCUT2D eigenvalue weighted by atomic mass is 9.98. The van der Waals surface area contributed by atoms with Crippen LogP contribution in [-0.4, -0.2) is 24.5 Å². The topological polar surface area (TPSA) is 108 Å². The maximum absolute atomic E-state index is 11.1. The number of hydrogen-bond donors (Lipinski definition) is 0. The summed E-state index contributed by atoms with van der Waals surface area (Å²) in [5.41, 5.74) is 15.3. The van der Waals surface area contributed by atoms with Gasteiger partial charge in [-0.3, -0.25) is 0 Å². The highest BCUT2D eigenvalue weighted by molar-refractivity contribution is 6.12. The minimum absolute atomic E-state index is 0.373. The lowest BCUT2D eigenvalue weighted by Gasteiger charge is -2.20. The van der Waals surface area contributed by atoms with Crippen LogP contribution in [0.1, 0.15) is 11.1 Å². The Labute approximate surface area is 421 Å². The number of rotatable bonds is 9. The highest BCUT2D eigenvalue weighted by Crippen LogP contribution is 2.44. The van der Waals surface area contributed by atoms with E-state index in [0.717, 1.165) is 66.3 Å². The molecule has 3 heterocycles. The second kappa shape index (κ2) is 18.7. The number of hydrogen-bond acceptors (Lipinski definition) is 6. The predicted molar refractivity (Wildman–Crippen MR) is 291 cm³/mol. The molecule has 0 spiro atoms. The average molecular weight is 931 g/mol. The minimum Gasteiger partial charge on any atom is -0.308 e. The van der Waals surface area contributed by atoms with Crippen LogP contribution in [0.15, 0.2) is 231 Å². The lowest BCUT2D eigenvalue weighted by molar-refractivity contribution is 1.12. The number of nitrogens with zero attached hydrogens (tertiary/aromatic N) is 8. The first-order chi connectivity index (χ1) is 36.0. The average Bonchev–Trinajstić information content (AvgIpc) is 3.80. The number of aromatic nitrogens is 5. The van der Waals surface area contributed by atoms with Crippen molar-refractivity contribution in [2.75, 3.05) is 0 Å². The molecule has 0 saturated carbocycles. The molecule has 0 fully saturated rings. The van der Waals surface area contributed by atoms with Gasteiger partial charge in [0.25, 0.3) is 0 Å². The fourth-order valence-electron chi connectivity index (χ4n) is 9.53. The Morgan fingerprint density at radius 3 is 1.07 bits per heavy atom. The first kappa shape index (κ1) is 43.7. The van der Waals surface area contributed by atoms with Gasteiger partial charge in [-0.05, 0) is 70.8 Å². The first-order valence-corrected chi connectivity index (χ1v) is 23.7. The minimum atomic E-state index is 0.373. The zero-order valence-electron chi connectivity index (χ0n) is 39.0. The molecule has 0 amide bonds. The van der Waals surface area contributed by atoms with Crippen molar-refractivity contribution in [1.29, 1.82) is 10.5 Å². The standard InChI is InChI=1S/C65H38N8/c1-68-52-30-26-45(27-31-52)51-29-33-54-53-32-28-50(44-24-22-42(40-66)23-25-44)36-61(53)73(62(54)37-51)63-55(64-69-57(46-14-6-2-7-15-46)38-58(70-64)47-16-8-3-9-17-47)34-43(41-67)35-56(63)65-71-59(48-18-10-4-11-19-48)39-60(72-65)49-20-12-5-13-21-49/h2-39H. The largest absolute Gasteiger partial charge is 0.308 e. The van der Waals surface area contributed by atoms with E-state index in [1.165, 1.54) is 0 Å². The monoisotopic (exact) mass is 930 g/mol. The van der Waals surface area contributed by atoms with Gasteiger partial charge in [-0.15, -0.1) is 0 Å². The smallest absolute Gasteiger partial charge is 0.187 e. The van der Waals surface area contributed by atoms with Crippen LogP contribution in [0.5, 0.6) is 0 Å². The molecule has 0 aliphatic heterocycles. The Kier molecular flexibility index (Phi) is 11.2. The molecule has 8 heteroatoms. The van der Waals surface area contributed by atoms with Crippen LogP contribution in [0.3, 0.4) is 0 Å². The van der Waals surface area contributed by atoms with Crippen LogP contribution in [-0.2, 0) is 0 Å². The highest BCUT2D eigenvalue weighted by Gasteiger charge is 2.26. The van der Waals surface area contributed by atoms with E-state index in [1.54, 1.807) is 0 Å². The zero-order chi connectivity index (χ0) is 49.3. The molecule has 9 aromatic carbocycles. The SMILES string of the molecule is [C-]#[N+]c1ccc(-c2ccc3c4ccc(-c5ccc(C#N)cc5)cc4n(-c4c(-c5nc(-c6ccccc6)cc(-c6ccccc6)n5)cc(C#N)cc4-c4nc(-c5ccccc5)cc(-c5ccccc5)n4)c3c2)cc1. The van der Waals surface area contributed by atoms with E-state index in [0.29, 0.717) is 68.1 Å². The maximum atomic E-state index is 11.1. The number of nitriles is 2. The van der Waals surface area contributed by atoms with Crippen LogP contribution in [0.25, 0.3) is 122 Å². The highest BCUT2D eigenvalue weighted by atomic mass is 15.0. The van der Waals surface area contributed by atoms with Gasteiger partial charge in [0, 0.05) is 44.2 Å². The quantitative estimate of drug-likeness (QED) is 0.133. The Balaban J connectivity index is 1.25. The van der Waals surface area contributed by atoms with Crippen LogP contribution in [0, 0.1) is 29.2 Å². The van der Waals surface area contributed by atoms with E-state index >= 15 is 0 Å². The first-order valence-electron chi connectivity index (χ1n) is 23.7. The van der Waals surface area contributed by atoms with Gasteiger partial charge in [0.15, 0.2) is 17.3 Å². The summed E-state index contributed by atoms with van der Waals surface area (Å²) in [6.45, 7) is 7.64. The zero-order valence-corrected chi connectivity index (χ0v) is 39.0. The van der Waals surface area contributed by atoms with Crippen molar-refractivity contribution in [2.24, 2.45) is 0 Å². The summed E-state index contributed by atoms with van der Waals surface area (Å²) >= 11 is 0. The van der Waals surface area contributed by atoms with Crippen LogP contribution >= 0.6 is 0 Å². The molecule has 0 atom stereocenters. The molecule has 0 N–H and O–H groups in total. The van der Waals surface area contributed by atoms with Gasteiger partial charge >= 0.3 is 0 Å². The van der Waals surface area contributed by atoms with Crippen molar-refractivity contribution >= 4 is 27.5 Å². The normalized spacial score (nSPS) is 11.0. The Hall–Kier alpha value is -10.6. The summed E-state index contributed by atoms with van der Waals surface area (Å²) in [5, 5.41) is 22.8. The molecule has 3 aromatic heterocycles. The van der Waals surface area contributed by atoms with Crippen LogP contribution in [0.4, 0.5) is 5.69 Å². The van der Waals surface area contributed by atoms with Crippen molar-refractivity contribution in [2.45, 2.75) is 0 Å². The van der Waals surface area contributed by atoms with Crippen LogP contribution < -0.4 is 0 Å². The summed E-state index contributed by atoms with van der Waals surface area (Å²) in [5.74, 6) is 0.806. The van der Waals surface area contributed by atoms with E-state index in [2.05, 4.69) is 57.9 Å². The van der Waals surface area contributed by atoms with E-state index in [9.17, 15) is 10.5 Å². The van der Waals surface area contributed by atoms with Crippen molar-refractivity contribution in [3.05, 3.63) is 253 Å². The van der Waals surface area contributed by atoms with Crippen molar-refractivity contribution in [1.82, 2.24) is 24.5 Å². The molecule has 338 valence electrons. The van der Waals surface area contributed by atoms with Crippen molar-refractivity contribution in [3.63, 3.8) is 0 Å². The Bertz CT molecular complexity index is 3810. The molecule has 0 saturated heterocycles. The third kappa shape index (κ3) is 8.32. The molecule has 0 bridgehead atoms. The van der Waals surface area contributed by atoms with Gasteiger partial charge in [-0.2, -0.15) is 10.5 Å². The van der Waals surface area contributed by atoms with E-state index in [4.69, 9.17) is 26.5 Å². The Morgan fingerprint density at radius 2 is 0.712 bits per heavy atom. The van der Waals surface area contributed by atoms with E-state index in [-0.39, 0.29) is 0 Å². The van der Waals surface area contributed by atoms with Gasteiger partial charge in [-0.1, -0.05) is 182 Å². The summed E-state index contributed by atoms with van der Waals surface area (Å²) in [6.07, 6.45) is 0. The summed E-state index contributed by atoms with van der Waals surface area (Å²) in [4.78, 5) is 25.3. The molecule has 0 aliphatic carbocycles. The number of benzene rings is 9. The molecule has 8 nitrogen and oxygen atoms in total. The predicted octanol–water partition coefficient (Wildman–Crippen LogP) is 16.0. The Morgan fingerprint density at radius 1 is 0.356 bits per heavy atom. The summed E-state index contributed by atoms with van der Waals surface area (Å²) in [6, 6.07) is 80.9. The molecule has 12 rings (SSSR count). The third-order valence-corrected chi connectivity index (χ3v) is 13.1. The van der Waals surface area contributed by atoms with Crippen molar-refractivity contribution < 1.29 is 0 Å². The molecule has 12 aromatic rings. The molecular weight excluding hydrogens is 893 g/mol. The number of fused-ring (bicyclic) bond motifs is 3. The van der Waals surface area contributed by atoms with Gasteiger partial charge in [0.1, 0.15) is 0 Å². The second-order valence-corrected chi connectivity index (χ2v) is 17.6. The van der Waals surface area contributed by atoms with Crippen LogP contribution in [0.2, 0.25) is 0 Å². The van der Waals surface area contributed by atoms with E-state index < -0.39 is 0 Å². The van der Waals surface area contributed by atoms with E-state index in [1.807, 2.05) is 194 Å². The molecular formula is C65H38N8. The summed E-state index contributed by atoms with van der Waals surface area (Å²) in [7, 11) is 0.